The highest BCUT2D eigenvalue weighted by Crippen LogP contribution is 2.32. The van der Waals surface area contributed by atoms with Crippen LogP contribution < -0.4 is 0 Å². The molecule has 0 radical (unpaired) electrons. The largest absolute Gasteiger partial charge is 0.396 e. The molecule has 1 N–H and O–H groups in total. The zero-order valence-electron chi connectivity index (χ0n) is 12.3. The lowest BCUT2D eigenvalue weighted by molar-refractivity contribution is 0.213. The monoisotopic (exact) mass is 283 g/mol. The fourth-order valence-electron chi connectivity index (χ4n) is 3.08. The van der Waals surface area contributed by atoms with Crippen molar-refractivity contribution < 1.29 is 5.11 Å². The molecule has 1 fully saturated rings. The molecule has 21 heavy (non-hydrogen) atoms. The van der Waals surface area contributed by atoms with Crippen molar-refractivity contribution in [3.8, 4) is 0 Å². The SMILES string of the molecule is Cc1ccc(CN2C[C@@H](CO)[C@H](c3ccncc3)C2)nc1. The summed E-state index contributed by atoms with van der Waals surface area (Å²) < 4.78 is 0. The van der Waals surface area contributed by atoms with Gasteiger partial charge in [0.25, 0.3) is 0 Å². The predicted molar refractivity (Wildman–Crippen MR) is 81.8 cm³/mol. The minimum absolute atomic E-state index is 0.227. The topological polar surface area (TPSA) is 49.2 Å². The lowest BCUT2D eigenvalue weighted by Crippen LogP contribution is -2.21. The third-order valence-electron chi connectivity index (χ3n) is 4.24. The van der Waals surface area contributed by atoms with Crippen molar-refractivity contribution in [1.29, 1.82) is 0 Å². The van der Waals surface area contributed by atoms with E-state index in [2.05, 4.69) is 39.1 Å². The van der Waals surface area contributed by atoms with Gasteiger partial charge in [-0.25, -0.2) is 0 Å². The minimum atomic E-state index is 0.227. The number of hydrogen-bond acceptors (Lipinski definition) is 4. The number of aliphatic hydroxyl groups is 1. The van der Waals surface area contributed by atoms with E-state index in [-0.39, 0.29) is 12.5 Å². The summed E-state index contributed by atoms with van der Waals surface area (Å²) in [7, 11) is 0. The van der Waals surface area contributed by atoms with Crippen molar-refractivity contribution >= 4 is 0 Å². The van der Waals surface area contributed by atoms with Crippen molar-refractivity contribution in [2.24, 2.45) is 5.92 Å². The summed E-state index contributed by atoms with van der Waals surface area (Å²) in [5.41, 5.74) is 3.54. The fourth-order valence-corrected chi connectivity index (χ4v) is 3.08. The molecule has 0 unspecified atom stereocenters. The lowest BCUT2D eigenvalue weighted by atomic mass is 9.90. The molecular weight excluding hydrogens is 262 g/mol. The number of aliphatic hydroxyl groups excluding tert-OH is 1. The second-order valence-corrected chi connectivity index (χ2v) is 5.85. The van der Waals surface area contributed by atoms with Gasteiger partial charge in [0.1, 0.15) is 0 Å². The number of rotatable bonds is 4. The smallest absolute Gasteiger partial charge is 0.0544 e. The Morgan fingerprint density at radius 2 is 2.00 bits per heavy atom. The maximum absolute atomic E-state index is 9.66. The van der Waals surface area contributed by atoms with E-state index < -0.39 is 0 Å². The number of likely N-dealkylation sites (tertiary alicyclic amines) is 1. The standard InChI is InChI=1S/C17H21N3O/c1-13-2-3-16(19-8-13)10-20-9-15(12-21)17(11-20)14-4-6-18-7-5-14/h2-8,15,17,21H,9-12H2,1H3/t15-,17-/m0/s1. The van der Waals surface area contributed by atoms with Gasteiger partial charge in [0, 0.05) is 56.7 Å². The van der Waals surface area contributed by atoms with Crippen molar-refractivity contribution in [2.45, 2.75) is 19.4 Å². The summed E-state index contributed by atoms with van der Waals surface area (Å²) in [5.74, 6) is 0.668. The number of pyridine rings is 2. The van der Waals surface area contributed by atoms with Crippen LogP contribution in [0.2, 0.25) is 0 Å². The Labute approximate surface area is 125 Å². The molecule has 1 aliphatic heterocycles. The average molecular weight is 283 g/mol. The van der Waals surface area contributed by atoms with Gasteiger partial charge in [0.05, 0.1) is 5.69 Å². The van der Waals surface area contributed by atoms with Crippen LogP contribution in [0.4, 0.5) is 0 Å². The number of aromatic nitrogens is 2. The summed E-state index contributed by atoms with van der Waals surface area (Å²) in [6, 6.07) is 8.30. The Kier molecular flexibility index (Phi) is 4.27. The zero-order chi connectivity index (χ0) is 14.7. The van der Waals surface area contributed by atoms with Gasteiger partial charge in [-0.3, -0.25) is 14.9 Å². The van der Waals surface area contributed by atoms with Crippen LogP contribution >= 0.6 is 0 Å². The number of hydrogen-bond donors (Lipinski definition) is 1. The van der Waals surface area contributed by atoms with Gasteiger partial charge in [-0.1, -0.05) is 6.07 Å². The third-order valence-corrected chi connectivity index (χ3v) is 4.24. The maximum atomic E-state index is 9.66. The molecule has 0 spiro atoms. The van der Waals surface area contributed by atoms with E-state index in [1.165, 1.54) is 11.1 Å². The van der Waals surface area contributed by atoms with Crippen LogP contribution in [0.15, 0.2) is 42.9 Å². The van der Waals surface area contributed by atoms with Crippen molar-refractivity contribution in [1.82, 2.24) is 14.9 Å². The van der Waals surface area contributed by atoms with Crippen LogP contribution in [0.3, 0.4) is 0 Å². The molecule has 2 atom stereocenters. The Morgan fingerprint density at radius 1 is 1.19 bits per heavy atom. The highest BCUT2D eigenvalue weighted by molar-refractivity contribution is 5.20. The molecule has 2 aromatic heterocycles. The van der Waals surface area contributed by atoms with Crippen LogP contribution in [0.25, 0.3) is 0 Å². The second kappa shape index (κ2) is 6.33. The summed E-state index contributed by atoms with van der Waals surface area (Å²) in [6.07, 6.45) is 5.57. The third kappa shape index (κ3) is 3.28. The normalized spacial score (nSPS) is 22.6. The first-order valence-corrected chi connectivity index (χ1v) is 7.41. The molecule has 1 aliphatic rings. The molecule has 0 aliphatic carbocycles. The quantitative estimate of drug-likeness (QED) is 0.932. The van der Waals surface area contributed by atoms with Gasteiger partial charge in [0.15, 0.2) is 0 Å². The van der Waals surface area contributed by atoms with E-state index in [1.54, 1.807) is 0 Å². The molecule has 1 saturated heterocycles. The van der Waals surface area contributed by atoms with Gasteiger partial charge in [-0.2, -0.15) is 0 Å². The average Bonchev–Trinajstić information content (AvgIpc) is 2.93. The lowest BCUT2D eigenvalue weighted by Gasteiger charge is -2.16. The Balaban J connectivity index is 1.70. The minimum Gasteiger partial charge on any atom is -0.396 e. The summed E-state index contributed by atoms with van der Waals surface area (Å²) in [4.78, 5) is 10.9. The molecule has 2 aromatic rings. The number of aryl methyl sites for hydroxylation is 1. The van der Waals surface area contributed by atoms with E-state index in [0.29, 0.717) is 5.92 Å². The predicted octanol–water partition coefficient (Wildman–Crippen LogP) is 1.99. The molecule has 4 heteroatoms. The van der Waals surface area contributed by atoms with Crippen molar-refractivity contribution in [2.75, 3.05) is 19.7 Å². The molecular formula is C17H21N3O. The Morgan fingerprint density at radius 3 is 2.67 bits per heavy atom. The molecule has 3 heterocycles. The van der Waals surface area contributed by atoms with E-state index in [4.69, 9.17) is 0 Å². The fraction of sp³-hybridized carbons (Fsp3) is 0.412. The molecule has 0 aromatic carbocycles. The van der Waals surface area contributed by atoms with Gasteiger partial charge >= 0.3 is 0 Å². The Bertz CT molecular complexity index is 570. The summed E-state index contributed by atoms with van der Waals surface area (Å²) in [6.45, 7) is 5.00. The molecule has 4 nitrogen and oxygen atoms in total. The van der Waals surface area contributed by atoms with Crippen molar-refractivity contribution in [3.63, 3.8) is 0 Å². The van der Waals surface area contributed by atoms with Crippen molar-refractivity contribution in [3.05, 3.63) is 59.7 Å². The van der Waals surface area contributed by atoms with Gasteiger partial charge in [-0.15, -0.1) is 0 Å². The van der Waals surface area contributed by atoms with Gasteiger partial charge < -0.3 is 5.11 Å². The van der Waals surface area contributed by atoms with Gasteiger partial charge in [-0.05, 0) is 36.2 Å². The zero-order valence-corrected chi connectivity index (χ0v) is 12.3. The first-order chi connectivity index (χ1) is 10.3. The van der Waals surface area contributed by atoms with E-state index in [9.17, 15) is 5.11 Å². The molecule has 0 saturated carbocycles. The summed E-state index contributed by atoms with van der Waals surface area (Å²) >= 11 is 0. The molecule has 0 amide bonds. The molecule has 110 valence electrons. The van der Waals surface area contributed by atoms with Crippen LogP contribution in [-0.2, 0) is 6.54 Å². The van der Waals surface area contributed by atoms with E-state index >= 15 is 0 Å². The molecule has 3 rings (SSSR count). The van der Waals surface area contributed by atoms with Crippen LogP contribution in [-0.4, -0.2) is 39.7 Å². The summed E-state index contributed by atoms with van der Waals surface area (Å²) in [5, 5.41) is 9.66. The molecule has 0 bridgehead atoms. The van der Waals surface area contributed by atoms with Crippen LogP contribution in [0.5, 0.6) is 0 Å². The van der Waals surface area contributed by atoms with E-state index in [1.807, 2.05) is 25.5 Å². The number of nitrogens with zero attached hydrogens (tertiary/aromatic N) is 3. The van der Waals surface area contributed by atoms with Crippen LogP contribution in [0.1, 0.15) is 22.7 Å². The second-order valence-electron chi connectivity index (χ2n) is 5.85. The maximum Gasteiger partial charge on any atom is 0.0544 e. The Hall–Kier alpha value is -1.78. The highest BCUT2D eigenvalue weighted by Gasteiger charge is 2.33. The first kappa shape index (κ1) is 14.2. The first-order valence-electron chi connectivity index (χ1n) is 7.41. The highest BCUT2D eigenvalue weighted by atomic mass is 16.3. The van der Waals surface area contributed by atoms with Crippen LogP contribution in [0, 0.1) is 12.8 Å². The van der Waals surface area contributed by atoms with Gasteiger partial charge in [0.2, 0.25) is 0 Å². The van der Waals surface area contributed by atoms with E-state index in [0.717, 1.165) is 25.3 Å².